The van der Waals surface area contributed by atoms with Gasteiger partial charge in [-0.1, -0.05) is 0 Å². The maximum atomic E-state index is 11.0. The minimum atomic E-state index is -0.0927. The predicted molar refractivity (Wildman–Crippen MR) is 45.6 cm³/mol. The molecule has 0 atom stereocenters. The van der Waals surface area contributed by atoms with E-state index in [9.17, 15) is 4.79 Å². The van der Waals surface area contributed by atoms with Gasteiger partial charge < -0.3 is 11.1 Å². The molecule has 0 bridgehead atoms. The highest BCUT2D eigenvalue weighted by Crippen LogP contribution is 2.07. The smallest absolute Gasteiger partial charge is 0.226 e. The summed E-state index contributed by atoms with van der Waals surface area (Å²) in [4.78, 5) is 11.0. The van der Waals surface area contributed by atoms with Crippen LogP contribution in [0.1, 0.15) is 12.0 Å². The zero-order chi connectivity index (χ0) is 8.97. The molecule has 0 aromatic carbocycles. The third kappa shape index (κ3) is 2.06. The molecular formula is C7H12N4O. The van der Waals surface area contributed by atoms with Crippen molar-refractivity contribution in [2.24, 2.45) is 5.73 Å². The van der Waals surface area contributed by atoms with Crippen molar-refractivity contribution in [2.75, 3.05) is 11.9 Å². The first-order chi connectivity index (χ1) is 5.74. The van der Waals surface area contributed by atoms with Crippen molar-refractivity contribution in [2.45, 2.75) is 13.3 Å². The minimum absolute atomic E-state index is 0.0927. The van der Waals surface area contributed by atoms with Crippen LogP contribution in [0.25, 0.3) is 0 Å². The second kappa shape index (κ2) is 3.87. The number of rotatable bonds is 3. The first kappa shape index (κ1) is 8.73. The Balaban J connectivity index is 2.52. The predicted octanol–water partition coefficient (Wildman–Crippen LogP) is 0.00542. The van der Waals surface area contributed by atoms with Crippen LogP contribution in [-0.4, -0.2) is 22.6 Å². The summed E-state index contributed by atoms with van der Waals surface area (Å²) >= 11 is 0. The van der Waals surface area contributed by atoms with Gasteiger partial charge in [0.25, 0.3) is 0 Å². The number of nitrogens with zero attached hydrogens (tertiary/aromatic N) is 1. The highest BCUT2D eigenvalue weighted by molar-refractivity contribution is 5.90. The topological polar surface area (TPSA) is 83.8 Å². The number of amides is 1. The standard InChI is InChI=1S/C7H12N4O/c1-5-4-9-11-7(5)10-6(12)2-3-8/h4H,2-3,8H2,1H3,(H2,9,10,11,12). The van der Waals surface area contributed by atoms with Gasteiger partial charge in [-0.05, 0) is 6.92 Å². The van der Waals surface area contributed by atoms with Gasteiger partial charge in [-0.2, -0.15) is 5.10 Å². The summed E-state index contributed by atoms with van der Waals surface area (Å²) in [6, 6.07) is 0. The van der Waals surface area contributed by atoms with Crippen LogP contribution in [0.4, 0.5) is 5.82 Å². The number of aromatic amines is 1. The lowest BCUT2D eigenvalue weighted by molar-refractivity contribution is -0.116. The highest BCUT2D eigenvalue weighted by atomic mass is 16.1. The van der Waals surface area contributed by atoms with Gasteiger partial charge in [-0.25, -0.2) is 0 Å². The average Bonchev–Trinajstić information content (AvgIpc) is 2.37. The van der Waals surface area contributed by atoms with E-state index in [1.54, 1.807) is 6.20 Å². The highest BCUT2D eigenvalue weighted by Gasteiger charge is 2.03. The summed E-state index contributed by atoms with van der Waals surface area (Å²) in [7, 11) is 0. The Labute approximate surface area is 70.3 Å². The first-order valence-electron chi connectivity index (χ1n) is 3.74. The third-order valence-corrected chi connectivity index (χ3v) is 1.46. The van der Waals surface area contributed by atoms with Crippen molar-refractivity contribution in [1.29, 1.82) is 0 Å². The molecule has 0 unspecified atom stereocenters. The Bertz CT molecular complexity index is 268. The molecule has 4 N–H and O–H groups in total. The molecule has 5 heteroatoms. The van der Waals surface area contributed by atoms with E-state index in [0.29, 0.717) is 18.8 Å². The maximum Gasteiger partial charge on any atom is 0.226 e. The Hall–Kier alpha value is -1.36. The van der Waals surface area contributed by atoms with Crippen molar-refractivity contribution in [3.63, 3.8) is 0 Å². The number of hydrogen-bond acceptors (Lipinski definition) is 3. The van der Waals surface area contributed by atoms with Crippen LogP contribution in [0.15, 0.2) is 6.20 Å². The zero-order valence-electron chi connectivity index (χ0n) is 6.92. The summed E-state index contributed by atoms with van der Waals surface area (Å²) < 4.78 is 0. The summed E-state index contributed by atoms with van der Waals surface area (Å²) in [5.74, 6) is 0.554. The monoisotopic (exact) mass is 168 g/mol. The van der Waals surface area contributed by atoms with E-state index >= 15 is 0 Å². The molecule has 0 aliphatic heterocycles. The minimum Gasteiger partial charge on any atom is -0.330 e. The second-order valence-corrected chi connectivity index (χ2v) is 2.51. The molecule has 1 amide bonds. The van der Waals surface area contributed by atoms with Gasteiger partial charge in [0.2, 0.25) is 5.91 Å². The molecule has 0 aliphatic carbocycles. The molecule has 66 valence electrons. The Morgan fingerprint density at radius 1 is 1.83 bits per heavy atom. The first-order valence-corrected chi connectivity index (χ1v) is 3.74. The maximum absolute atomic E-state index is 11.0. The molecule has 1 aromatic rings. The van der Waals surface area contributed by atoms with Crippen LogP contribution < -0.4 is 11.1 Å². The number of nitrogens with two attached hydrogens (primary N) is 1. The average molecular weight is 168 g/mol. The largest absolute Gasteiger partial charge is 0.330 e. The fourth-order valence-corrected chi connectivity index (χ4v) is 0.806. The van der Waals surface area contributed by atoms with Crippen molar-refractivity contribution < 1.29 is 4.79 Å². The summed E-state index contributed by atoms with van der Waals surface area (Å²) in [6.07, 6.45) is 1.98. The molecule has 0 radical (unpaired) electrons. The van der Waals surface area contributed by atoms with Crippen molar-refractivity contribution >= 4 is 11.7 Å². The lowest BCUT2D eigenvalue weighted by Gasteiger charge is -2.00. The Kier molecular flexibility index (Phi) is 2.82. The normalized spacial score (nSPS) is 9.83. The van der Waals surface area contributed by atoms with Gasteiger partial charge >= 0.3 is 0 Å². The van der Waals surface area contributed by atoms with E-state index in [4.69, 9.17) is 5.73 Å². The van der Waals surface area contributed by atoms with Gasteiger partial charge in [0, 0.05) is 18.5 Å². The van der Waals surface area contributed by atoms with Gasteiger partial charge in [0.15, 0.2) is 0 Å². The third-order valence-electron chi connectivity index (χ3n) is 1.46. The second-order valence-electron chi connectivity index (χ2n) is 2.51. The molecule has 0 spiro atoms. The van der Waals surface area contributed by atoms with Gasteiger partial charge in [-0.3, -0.25) is 9.89 Å². The molecule has 0 fully saturated rings. The lowest BCUT2D eigenvalue weighted by Crippen LogP contribution is -2.16. The molecule has 0 aliphatic rings. The Morgan fingerprint density at radius 3 is 3.08 bits per heavy atom. The van der Waals surface area contributed by atoms with Crippen LogP contribution in [0, 0.1) is 6.92 Å². The van der Waals surface area contributed by atoms with Crippen molar-refractivity contribution in [3.8, 4) is 0 Å². The van der Waals surface area contributed by atoms with Gasteiger partial charge in [0.05, 0.1) is 6.20 Å². The van der Waals surface area contributed by atoms with Gasteiger partial charge in [-0.15, -0.1) is 0 Å². The molecule has 0 saturated carbocycles. The fourth-order valence-electron chi connectivity index (χ4n) is 0.806. The van der Waals surface area contributed by atoms with Crippen LogP contribution >= 0.6 is 0 Å². The molecule has 1 heterocycles. The number of nitrogens with one attached hydrogen (secondary N) is 2. The lowest BCUT2D eigenvalue weighted by atomic mass is 10.3. The van der Waals surface area contributed by atoms with E-state index in [2.05, 4.69) is 15.5 Å². The Morgan fingerprint density at radius 2 is 2.58 bits per heavy atom. The van der Waals surface area contributed by atoms with E-state index in [1.807, 2.05) is 6.92 Å². The van der Waals surface area contributed by atoms with Crippen LogP contribution in [-0.2, 0) is 4.79 Å². The molecule has 1 rings (SSSR count). The van der Waals surface area contributed by atoms with Crippen LogP contribution in [0.2, 0.25) is 0 Å². The summed E-state index contributed by atoms with van der Waals surface area (Å²) in [6.45, 7) is 2.22. The number of anilines is 1. The van der Waals surface area contributed by atoms with E-state index in [-0.39, 0.29) is 5.91 Å². The van der Waals surface area contributed by atoms with Crippen molar-refractivity contribution in [3.05, 3.63) is 11.8 Å². The van der Waals surface area contributed by atoms with Gasteiger partial charge in [0.1, 0.15) is 5.82 Å². The zero-order valence-corrected chi connectivity index (χ0v) is 6.92. The summed E-state index contributed by atoms with van der Waals surface area (Å²) in [5, 5.41) is 9.09. The number of carbonyl (C=O) groups is 1. The number of carbonyl (C=O) groups excluding carboxylic acids is 1. The molecule has 1 aromatic heterocycles. The number of aromatic nitrogens is 2. The van der Waals surface area contributed by atoms with E-state index < -0.39 is 0 Å². The fraction of sp³-hybridized carbons (Fsp3) is 0.429. The van der Waals surface area contributed by atoms with Crippen LogP contribution in [0.3, 0.4) is 0 Å². The van der Waals surface area contributed by atoms with E-state index in [1.165, 1.54) is 0 Å². The molecular weight excluding hydrogens is 156 g/mol. The van der Waals surface area contributed by atoms with Crippen molar-refractivity contribution in [1.82, 2.24) is 10.2 Å². The molecule has 0 saturated heterocycles. The SMILES string of the molecule is Cc1cn[nH]c1NC(=O)CCN. The van der Waals surface area contributed by atoms with Crippen LogP contribution in [0.5, 0.6) is 0 Å². The number of hydrogen-bond donors (Lipinski definition) is 3. The summed E-state index contributed by atoms with van der Waals surface area (Å²) in [5.41, 5.74) is 6.13. The molecule has 12 heavy (non-hydrogen) atoms. The number of aryl methyl sites for hydroxylation is 1. The van der Waals surface area contributed by atoms with E-state index in [0.717, 1.165) is 5.56 Å². The molecule has 5 nitrogen and oxygen atoms in total. The quantitative estimate of drug-likeness (QED) is 0.594. The number of H-pyrrole nitrogens is 1.